The average molecular weight is 414 g/mol. The highest BCUT2D eigenvalue weighted by Crippen LogP contribution is 2.27. The van der Waals surface area contributed by atoms with E-state index in [0.717, 1.165) is 5.69 Å². The minimum Gasteiger partial charge on any atom is -0.366 e. The summed E-state index contributed by atoms with van der Waals surface area (Å²) < 4.78 is 15.7. The fourth-order valence-corrected chi connectivity index (χ4v) is 4.18. The van der Waals surface area contributed by atoms with Crippen LogP contribution >= 0.6 is 0 Å². The monoisotopic (exact) mass is 414 g/mol. The van der Waals surface area contributed by atoms with Crippen LogP contribution in [-0.2, 0) is 16.1 Å². The van der Waals surface area contributed by atoms with Crippen LogP contribution in [0.5, 0.6) is 0 Å². The van der Waals surface area contributed by atoms with Gasteiger partial charge < -0.3 is 14.7 Å². The van der Waals surface area contributed by atoms with Crippen LogP contribution in [0.25, 0.3) is 0 Å². The van der Waals surface area contributed by atoms with Gasteiger partial charge in [0, 0.05) is 26.2 Å². The lowest BCUT2D eigenvalue weighted by Crippen LogP contribution is -2.53. The van der Waals surface area contributed by atoms with Gasteiger partial charge in [0.25, 0.3) is 0 Å². The smallest absolute Gasteiger partial charge is 0.248 e. The molecule has 1 aromatic heterocycles. The van der Waals surface area contributed by atoms with Gasteiger partial charge in [-0.2, -0.15) is 0 Å². The van der Waals surface area contributed by atoms with Crippen LogP contribution in [0.4, 0.5) is 10.1 Å². The summed E-state index contributed by atoms with van der Waals surface area (Å²) in [5, 5.41) is 8.02. The molecule has 30 heavy (non-hydrogen) atoms. The van der Waals surface area contributed by atoms with Gasteiger partial charge in [0.1, 0.15) is 18.4 Å². The summed E-state index contributed by atoms with van der Waals surface area (Å²) >= 11 is 0. The maximum absolute atomic E-state index is 14.0. The third-order valence-electron chi connectivity index (χ3n) is 5.74. The maximum atomic E-state index is 14.0. The molecule has 2 aliphatic rings. The molecule has 8 nitrogen and oxygen atoms in total. The van der Waals surface area contributed by atoms with E-state index in [0.29, 0.717) is 50.7 Å². The number of aromatic nitrogens is 3. The van der Waals surface area contributed by atoms with Gasteiger partial charge in [-0.3, -0.25) is 9.59 Å². The number of benzene rings is 1. The molecule has 1 fully saturated rings. The maximum Gasteiger partial charge on any atom is 0.248 e. The Bertz CT molecular complexity index is 922. The van der Waals surface area contributed by atoms with E-state index in [9.17, 15) is 14.0 Å². The summed E-state index contributed by atoms with van der Waals surface area (Å²) in [7, 11) is 0. The van der Waals surface area contributed by atoms with Crippen molar-refractivity contribution < 1.29 is 14.0 Å². The molecule has 1 aromatic carbocycles. The van der Waals surface area contributed by atoms with Gasteiger partial charge in [-0.1, -0.05) is 31.2 Å². The number of rotatable bonds is 5. The molecule has 3 heterocycles. The number of carbonyl (C=O) groups is 2. The van der Waals surface area contributed by atoms with Crippen molar-refractivity contribution in [3.8, 4) is 0 Å². The molecule has 0 radical (unpaired) electrons. The van der Waals surface area contributed by atoms with Crippen LogP contribution in [0.2, 0.25) is 0 Å². The molecule has 160 valence electrons. The van der Waals surface area contributed by atoms with E-state index in [2.05, 4.69) is 24.2 Å². The zero-order chi connectivity index (χ0) is 21.3. The third kappa shape index (κ3) is 4.01. The number of carbonyl (C=O) groups excluding carboxylic acids is 2. The van der Waals surface area contributed by atoms with Gasteiger partial charge >= 0.3 is 0 Å². The second-order valence-corrected chi connectivity index (χ2v) is 8.33. The zero-order valence-electron chi connectivity index (χ0n) is 17.4. The van der Waals surface area contributed by atoms with Crippen LogP contribution in [0.15, 0.2) is 30.5 Å². The van der Waals surface area contributed by atoms with Gasteiger partial charge in [0.05, 0.1) is 24.1 Å². The average Bonchev–Trinajstić information content (AvgIpc) is 3.19. The molecule has 2 aromatic rings. The lowest BCUT2D eigenvalue weighted by atomic mass is 10.0. The second-order valence-electron chi connectivity index (χ2n) is 8.33. The van der Waals surface area contributed by atoms with Crippen molar-refractivity contribution in [1.29, 1.82) is 0 Å². The van der Waals surface area contributed by atoms with Crippen molar-refractivity contribution in [1.82, 2.24) is 24.8 Å². The van der Waals surface area contributed by atoms with Crippen molar-refractivity contribution in [2.24, 2.45) is 5.92 Å². The van der Waals surface area contributed by atoms with E-state index in [1.165, 1.54) is 6.07 Å². The summed E-state index contributed by atoms with van der Waals surface area (Å²) in [5.41, 5.74) is 1.41. The zero-order valence-corrected chi connectivity index (χ0v) is 17.4. The molecule has 0 aliphatic carbocycles. The molecule has 0 N–H and O–H groups in total. The van der Waals surface area contributed by atoms with E-state index >= 15 is 0 Å². The summed E-state index contributed by atoms with van der Waals surface area (Å²) in [4.78, 5) is 31.3. The van der Waals surface area contributed by atoms with Gasteiger partial charge in [0.15, 0.2) is 0 Å². The van der Waals surface area contributed by atoms with E-state index in [1.807, 2.05) is 11.0 Å². The number of hydrogen-bond donors (Lipinski definition) is 0. The van der Waals surface area contributed by atoms with Crippen molar-refractivity contribution in [3.05, 3.63) is 42.0 Å². The number of para-hydroxylation sites is 1. The molecule has 0 saturated carbocycles. The summed E-state index contributed by atoms with van der Waals surface area (Å²) in [6, 6.07) is 6.27. The highest BCUT2D eigenvalue weighted by Gasteiger charge is 2.36. The quantitative estimate of drug-likeness (QED) is 0.745. The summed E-state index contributed by atoms with van der Waals surface area (Å²) in [6.45, 7) is 6.63. The Kier molecular flexibility index (Phi) is 5.69. The minimum atomic E-state index is -0.415. The molecular weight excluding hydrogens is 387 g/mol. The minimum absolute atomic E-state index is 0.0400. The number of halogens is 1. The third-order valence-corrected chi connectivity index (χ3v) is 5.74. The molecule has 9 heteroatoms. The molecule has 2 aliphatic heterocycles. The van der Waals surface area contributed by atoms with Gasteiger partial charge in [-0.15, -0.1) is 5.10 Å². The summed E-state index contributed by atoms with van der Waals surface area (Å²) in [6.07, 6.45) is 2.31. The van der Waals surface area contributed by atoms with Crippen LogP contribution in [0.3, 0.4) is 0 Å². The molecule has 1 saturated heterocycles. The predicted octanol–water partition coefficient (Wildman–Crippen LogP) is 1.70. The lowest BCUT2D eigenvalue weighted by molar-refractivity contribution is -0.145. The molecular formula is C21H27FN6O2. The number of amides is 2. The first kappa shape index (κ1) is 20.3. The van der Waals surface area contributed by atoms with Crippen molar-refractivity contribution in [2.45, 2.75) is 32.9 Å². The first-order valence-corrected chi connectivity index (χ1v) is 10.4. The Balaban J connectivity index is 1.38. The van der Waals surface area contributed by atoms with Gasteiger partial charge in [-0.05, 0) is 24.5 Å². The Morgan fingerprint density at radius 2 is 1.93 bits per heavy atom. The topological polar surface area (TPSA) is 74.6 Å². The molecule has 1 unspecified atom stereocenters. The highest BCUT2D eigenvalue weighted by molar-refractivity contribution is 5.87. The largest absolute Gasteiger partial charge is 0.366 e. The normalized spacial score (nSPS) is 19.4. The van der Waals surface area contributed by atoms with Crippen molar-refractivity contribution >= 4 is 17.5 Å². The number of nitrogens with zero attached hydrogens (tertiary/aromatic N) is 6. The van der Waals surface area contributed by atoms with E-state index in [1.54, 1.807) is 32.8 Å². The first-order valence-electron chi connectivity index (χ1n) is 10.4. The van der Waals surface area contributed by atoms with Crippen LogP contribution in [-0.4, -0.2) is 69.3 Å². The van der Waals surface area contributed by atoms with E-state index in [4.69, 9.17) is 0 Å². The van der Waals surface area contributed by atoms with Crippen LogP contribution in [0, 0.1) is 11.7 Å². The Hall–Kier alpha value is -2.97. The van der Waals surface area contributed by atoms with Gasteiger partial charge in [-0.25, -0.2) is 9.07 Å². The fraction of sp³-hybridized carbons (Fsp3) is 0.524. The molecule has 0 bridgehead atoms. The fourth-order valence-electron chi connectivity index (χ4n) is 4.18. The van der Waals surface area contributed by atoms with Crippen LogP contribution in [0.1, 0.15) is 32.0 Å². The molecule has 2 amide bonds. The first-order chi connectivity index (χ1) is 14.4. The second kappa shape index (κ2) is 8.41. The van der Waals surface area contributed by atoms with E-state index < -0.39 is 6.04 Å². The Morgan fingerprint density at radius 3 is 2.63 bits per heavy atom. The molecule has 0 spiro atoms. The van der Waals surface area contributed by atoms with Crippen molar-refractivity contribution in [3.63, 3.8) is 0 Å². The Morgan fingerprint density at radius 1 is 1.20 bits per heavy atom. The van der Waals surface area contributed by atoms with Crippen LogP contribution < -0.4 is 4.90 Å². The number of anilines is 1. The summed E-state index contributed by atoms with van der Waals surface area (Å²) in [5.74, 6) is -0.100. The number of fused-ring (bicyclic) bond motifs is 1. The lowest BCUT2D eigenvalue weighted by Gasteiger charge is -2.38. The Labute approximate surface area is 175 Å². The molecule has 4 rings (SSSR count). The van der Waals surface area contributed by atoms with E-state index in [-0.39, 0.29) is 24.2 Å². The number of piperazine rings is 1. The number of hydrogen-bond acceptors (Lipinski definition) is 5. The van der Waals surface area contributed by atoms with Crippen molar-refractivity contribution in [2.75, 3.05) is 37.6 Å². The van der Waals surface area contributed by atoms with Gasteiger partial charge in [0.2, 0.25) is 11.8 Å². The standard InChI is InChI=1S/C21H27FN6O2/c1-15(2)11-19-21(30)27(13-16-12-23-24-28(16)19)14-20(29)26-9-7-25(8-10-26)18-6-4-3-5-17(18)22/h3-6,12,15,19H,7-11,13-14H2,1-2H3. The highest BCUT2D eigenvalue weighted by atomic mass is 19.1. The molecule has 1 atom stereocenters. The predicted molar refractivity (Wildman–Crippen MR) is 109 cm³/mol. The SMILES string of the molecule is CC(C)CC1C(=O)N(CC(=O)N2CCN(c3ccccc3F)CC2)Cc2cnnn21.